The molecule has 0 atom stereocenters. The van der Waals surface area contributed by atoms with Gasteiger partial charge >= 0.3 is 5.97 Å². The number of carboxylic acid groups (broad SMARTS) is 1. The van der Waals surface area contributed by atoms with Crippen molar-refractivity contribution in [3.63, 3.8) is 0 Å². The Hall–Kier alpha value is -0.570. The zero-order chi connectivity index (χ0) is 4.28. The number of carbonyl (C=O) groups is 1. The highest BCUT2D eigenvalue weighted by molar-refractivity contribution is 5.68. The van der Waals surface area contributed by atoms with Gasteiger partial charge in [-0.1, -0.05) is 0 Å². The third kappa shape index (κ3) is 3.43. The summed E-state index contributed by atoms with van der Waals surface area (Å²) in [6.45, 7) is -0.278. The molecule has 0 radical (unpaired) electrons. The van der Waals surface area contributed by atoms with E-state index < -0.39 is 5.97 Å². The van der Waals surface area contributed by atoms with Gasteiger partial charge in [-0.2, -0.15) is 0 Å². The van der Waals surface area contributed by atoms with Crippen molar-refractivity contribution in [1.82, 2.24) is 0 Å². The third-order valence-electron chi connectivity index (χ3n) is 0.175. The molecule has 0 aliphatic carbocycles. The number of hydrogen-bond donors (Lipinski definition) is 2. The Kier molecular flexibility index (Phi) is 1.53. The highest BCUT2D eigenvalue weighted by atomic mass is 16.4. The molecule has 0 aromatic heterocycles. The van der Waals surface area contributed by atoms with Crippen molar-refractivity contribution in [2.45, 2.75) is 0 Å². The van der Waals surface area contributed by atoms with Gasteiger partial charge in [0.25, 0.3) is 0 Å². The van der Waals surface area contributed by atoms with Crippen molar-refractivity contribution in [3.05, 3.63) is 0 Å². The molecular formula is C2H5NO2. The summed E-state index contributed by atoms with van der Waals surface area (Å²) in [5.41, 5.74) is 4.57. The Morgan fingerprint density at radius 1 is 2.00 bits per heavy atom. The molecule has 3 heteroatoms. The average Bonchev–Trinajstić information content (AvgIpc) is 1.38. The van der Waals surface area contributed by atoms with Crippen LogP contribution in [0.25, 0.3) is 0 Å². The second kappa shape index (κ2) is 1.72. The van der Waals surface area contributed by atoms with Gasteiger partial charge in [-0.25, -0.2) is 0 Å². The van der Waals surface area contributed by atoms with Crippen LogP contribution in [0.1, 0.15) is 0 Å². The molecule has 0 rings (SSSR count). The zero-order valence-electron chi connectivity index (χ0n) is 2.64. The summed E-state index contributed by atoms with van der Waals surface area (Å²) in [4.78, 5) is 9.24. The first kappa shape index (κ1) is 4.43. The first-order valence-corrected chi connectivity index (χ1v) is 1.19. The Morgan fingerprint density at radius 2 is 2.20 bits per heavy atom. The molecule has 0 aromatic carbocycles. The predicted octanol–water partition coefficient (Wildman–Crippen LogP) is -0.970. The molecule has 0 fully saturated rings. The van der Waals surface area contributed by atoms with Gasteiger partial charge < -0.3 is 10.8 Å². The molecular weight excluding hydrogens is 71.0 g/mol. The van der Waals surface area contributed by atoms with Crippen LogP contribution in [0.5, 0.6) is 0 Å². The van der Waals surface area contributed by atoms with Crippen molar-refractivity contribution in [2.24, 2.45) is 5.73 Å². The summed E-state index contributed by atoms with van der Waals surface area (Å²) < 4.78 is 0. The molecule has 0 saturated carbocycles. The normalized spacial score (nSPS) is 7.40. The fourth-order valence-electron chi connectivity index (χ4n) is 0. The molecule has 0 unspecified atom stereocenters. The van der Waals surface area contributed by atoms with Gasteiger partial charge in [-0.15, -0.1) is 0 Å². The van der Waals surface area contributed by atoms with Crippen LogP contribution >= 0.6 is 0 Å². The molecule has 3 nitrogen and oxygen atoms in total. The van der Waals surface area contributed by atoms with Crippen molar-refractivity contribution < 1.29 is 9.90 Å². The van der Waals surface area contributed by atoms with Crippen LogP contribution in [0.4, 0.5) is 0 Å². The van der Waals surface area contributed by atoms with E-state index in [4.69, 9.17) is 5.11 Å². The maximum absolute atomic E-state index is 9.24. The van der Waals surface area contributed by atoms with E-state index in [0.29, 0.717) is 0 Å². The van der Waals surface area contributed by atoms with E-state index in [-0.39, 0.29) is 6.54 Å². The fourth-order valence-corrected chi connectivity index (χ4v) is 0. The van der Waals surface area contributed by atoms with Crippen LogP contribution in [-0.2, 0) is 4.79 Å². The standard InChI is InChI=1S/C2H5NO2/c3-1-2(4)5/h1,3H2,(H,4,5)/i1+1. The van der Waals surface area contributed by atoms with Crippen LogP contribution < -0.4 is 5.73 Å². The topological polar surface area (TPSA) is 63.3 Å². The second-order valence-electron chi connectivity index (χ2n) is 0.598. The predicted molar refractivity (Wildman–Crippen MR) is 16.7 cm³/mol. The van der Waals surface area contributed by atoms with Crippen molar-refractivity contribution in [1.29, 1.82) is 0 Å². The smallest absolute Gasteiger partial charge is 0.317 e. The van der Waals surface area contributed by atoms with Crippen molar-refractivity contribution in [2.75, 3.05) is 6.54 Å². The van der Waals surface area contributed by atoms with Gasteiger partial charge in [0.1, 0.15) is 0 Å². The van der Waals surface area contributed by atoms with Gasteiger partial charge in [0.05, 0.1) is 6.54 Å². The third-order valence-corrected chi connectivity index (χ3v) is 0.175. The Morgan fingerprint density at radius 3 is 2.20 bits per heavy atom. The largest absolute Gasteiger partial charge is 0.480 e. The number of hydrogen-bond acceptors (Lipinski definition) is 2. The summed E-state index contributed by atoms with van der Waals surface area (Å²) in [5.74, 6) is -0.968. The Balaban J connectivity index is 2.85. The zero-order valence-corrected chi connectivity index (χ0v) is 2.64. The van der Waals surface area contributed by atoms with Crippen LogP contribution in [0.3, 0.4) is 0 Å². The van der Waals surface area contributed by atoms with Gasteiger partial charge in [0.15, 0.2) is 0 Å². The van der Waals surface area contributed by atoms with Gasteiger partial charge in [-0.3, -0.25) is 4.79 Å². The summed E-state index contributed by atoms with van der Waals surface area (Å²) in [6, 6.07) is 0. The fraction of sp³-hybridized carbons (Fsp3) is 0.500. The highest BCUT2D eigenvalue weighted by Crippen LogP contribution is 1.43. The summed E-state index contributed by atoms with van der Waals surface area (Å²) >= 11 is 0. The lowest BCUT2D eigenvalue weighted by Gasteiger charge is -1.73. The van der Waals surface area contributed by atoms with E-state index in [1.54, 1.807) is 0 Å². The van der Waals surface area contributed by atoms with Gasteiger partial charge in [0, 0.05) is 0 Å². The number of nitrogens with two attached hydrogens (primary N) is 1. The van der Waals surface area contributed by atoms with E-state index >= 15 is 0 Å². The SMILES string of the molecule is N[13CH2]C(=O)O. The Bertz CT molecular complexity index is 42.9. The van der Waals surface area contributed by atoms with Crippen molar-refractivity contribution in [3.8, 4) is 0 Å². The van der Waals surface area contributed by atoms with E-state index in [1.807, 2.05) is 0 Å². The van der Waals surface area contributed by atoms with E-state index in [0.717, 1.165) is 0 Å². The summed E-state index contributed by atoms with van der Waals surface area (Å²) in [7, 11) is 0. The molecule has 0 heterocycles. The first-order chi connectivity index (χ1) is 2.27. The second-order valence-corrected chi connectivity index (χ2v) is 0.598. The number of rotatable bonds is 1. The minimum absolute atomic E-state index is 0.278. The van der Waals surface area contributed by atoms with Gasteiger partial charge in [0.2, 0.25) is 0 Å². The number of carboxylic acids is 1. The van der Waals surface area contributed by atoms with Gasteiger partial charge in [-0.05, 0) is 0 Å². The highest BCUT2D eigenvalue weighted by Gasteiger charge is 1.81. The van der Waals surface area contributed by atoms with E-state index in [2.05, 4.69) is 5.73 Å². The average molecular weight is 76.1 g/mol. The minimum atomic E-state index is -0.968. The monoisotopic (exact) mass is 76.0 g/mol. The molecule has 0 spiro atoms. The molecule has 0 saturated heterocycles. The molecule has 0 aliphatic rings. The maximum Gasteiger partial charge on any atom is 0.317 e. The lowest BCUT2D eigenvalue weighted by Crippen LogP contribution is -2.10. The van der Waals surface area contributed by atoms with E-state index in [9.17, 15) is 4.79 Å². The Labute approximate surface area is 29.4 Å². The molecule has 0 amide bonds. The van der Waals surface area contributed by atoms with Crippen LogP contribution in [0.2, 0.25) is 0 Å². The lowest BCUT2D eigenvalue weighted by molar-refractivity contribution is -0.135. The number of aliphatic carboxylic acids is 1. The van der Waals surface area contributed by atoms with Crippen LogP contribution in [-0.4, -0.2) is 17.6 Å². The molecule has 0 bridgehead atoms. The van der Waals surface area contributed by atoms with E-state index in [1.165, 1.54) is 0 Å². The quantitative estimate of drug-likeness (QED) is 0.395. The first-order valence-electron chi connectivity index (χ1n) is 1.19. The molecule has 0 aromatic rings. The minimum Gasteiger partial charge on any atom is -0.480 e. The molecule has 3 N–H and O–H groups in total. The molecule has 5 heavy (non-hydrogen) atoms. The maximum atomic E-state index is 9.24. The van der Waals surface area contributed by atoms with Crippen molar-refractivity contribution >= 4 is 5.97 Å². The molecule has 30 valence electrons. The summed E-state index contributed by atoms with van der Waals surface area (Å²) in [6.07, 6.45) is 0. The molecule has 0 aliphatic heterocycles. The van der Waals surface area contributed by atoms with Crippen LogP contribution in [0.15, 0.2) is 0 Å². The summed E-state index contributed by atoms with van der Waals surface area (Å²) in [5, 5.41) is 7.60. The lowest BCUT2D eigenvalue weighted by atomic mass is 11.1. The van der Waals surface area contributed by atoms with Crippen LogP contribution in [0, 0.1) is 0 Å².